The van der Waals surface area contributed by atoms with Crippen LogP contribution in [0.1, 0.15) is 36.2 Å². The highest BCUT2D eigenvalue weighted by atomic mass is 19.1. The summed E-state index contributed by atoms with van der Waals surface area (Å²) >= 11 is 0. The summed E-state index contributed by atoms with van der Waals surface area (Å²) in [5, 5.41) is 1.26. The van der Waals surface area contributed by atoms with Gasteiger partial charge in [0, 0.05) is 43.9 Å². The Hall–Kier alpha value is -2.17. The van der Waals surface area contributed by atoms with E-state index in [1.165, 1.54) is 10.9 Å². The molecule has 0 spiro atoms. The van der Waals surface area contributed by atoms with Crippen LogP contribution in [0.5, 0.6) is 0 Å². The lowest BCUT2D eigenvalue weighted by molar-refractivity contribution is 0.144. The van der Waals surface area contributed by atoms with Crippen LogP contribution in [0.2, 0.25) is 0 Å². The second-order valence-electron chi connectivity index (χ2n) is 7.23. The summed E-state index contributed by atoms with van der Waals surface area (Å²) in [6.45, 7) is 2.93. The molecular formula is C22H26FN3. The highest BCUT2D eigenvalue weighted by Crippen LogP contribution is 2.29. The standard InChI is InChI=1S/C22H26FN3/c23-21(18-4-2-1-3-5-18)16-25-11-9-20(10-12-25)26-13-8-19-7-6-17(15-24)14-22(19)26/h1-8,13-14,20-21H,9-12,15-16,24H2. The molecule has 1 fully saturated rings. The third-order valence-corrected chi connectivity index (χ3v) is 5.55. The van der Waals surface area contributed by atoms with Gasteiger partial charge in [0.15, 0.2) is 0 Å². The van der Waals surface area contributed by atoms with Crippen molar-refractivity contribution >= 4 is 10.9 Å². The smallest absolute Gasteiger partial charge is 0.138 e. The molecule has 4 rings (SSSR count). The van der Waals surface area contributed by atoms with Gasteiger partial charge in [0.1, 0.15) is 6.17 Å². The molecule has 0 amide bonds. The number of hydrogen-bond acceptors (Lipinski definition) is 2. The van der Waals surface area contributed by atoms with Gasteiger partial charge in [-0.3, -0.25) is 4.90 Å². The van der Waals surface area contributed by atoms with Crippen molar-refractivity contribution in [2.45, 2.75) is 31.6 Å². The second-order valence-corrected chi connectivity index (χ2v) is 7.23. The van der Waals surface area contributed by atoms with Crippen LogP contribution in [0.25, 0.3) is 10.9 Å². The molecule has 2 aromatic carbocycles. The maximum absolute atomic E-state index is 14.5. The minimum absolute atomic E-state index is 0.478. The second kappa shape index (κ2) is 7.60. The number of halogens is 1. The summed E-state index contributed by atoms with van der Waals surface area (Å²) in [5.41, 5.74) is 9.01. The molecule has 1 aliphatic rings. The highest BCUT2D eigenvalue weighted by Gasteiger charge is 2.23. The summed E-state index contributed by atoms with van der Waals surface area (Å²) < 4.78 is 16.9. The zero-order chi connectivity index (χ0) is 17.9. The van der Waals surface area contributed by atoms with Gasteiger partial charge in [0.2, 0.25) is 0 Å². The van der Waals surface area contributed by atoms with Crippen LogP contribution >= 0.6 is 0 Å². The van der Waals surface area contributed by atoms with E-state index in [-0.39, 0.29) is 0 Å². The predicted octanol–water partition coefficient (Wildman–Crippen LogP) is 4.45. The van der Waals surface area contributed by atoms with E-state index >= 15 is 0 Å². The Morgan fingerprint density at radius 3 is 2.54 bits per heavy atom. The van der Waals surface area contributed by atoms with E-state index in [4.69, 9.17) is 5.73 Å². The topological polar surface area (TPSA) is 34.2 Å². The monoisotopic (exact) mass is 351 g/mol. The first-order valence-corrected chi connectivity index (χ1v) is 9.45. The van der Waals surface area contributed by atoms with E-state index in [2.05, 4.69) is 39.9 Å². The zero-order valence-corrected chi connectivity index (χ0v) is 15.0. The van der Waals surface area contributed by atoms with Crippen molar-refractivity contribution in [3.8, 4) is 0 Å². The number of alkyl halides is 1. The number of hydrogen-bond donors (Lipinski definition) is 1. The van der Waals surface area contributed by atoms with Crippen molar-refractivity contribution < 1.29 is 4.39 Å². The first kappa shape index (κ1) is 17.3. The molecule has 0 aliphatic carbocycles. The molecule has 3 nitrogen and oxygen atoms in total. The van der Waals surface area contributed by atoms with E-state index in [1.807, 2.05) is 30.3 Å². The van der Waals surface area contributed by atoms with E-state index in [9.17, 15) is 4.39 Å². The normalized spacial score (nSPS) is 17.6. The lowest BCUT2D eigenvalue weighted by atomic mass is 10.0. The molecule has 0 radical (unpaired) electrons. The average molecular weight is 351 g/mol. The maximum atomic E-state index is 14.5. The van der Waals surface area contributed by atoms with Crippen molar-refractivity contribution in [2.24, 2.45) is 5.73 Å². The number of nitrogens with two attached hydrogens (primary N) is 1. The number of aromatic nitrogens is 1. The van der Waals surface area contributed by atoms with Crippen LogP contribution < -0.4 is 5.73 Å². The van der Waals surface area contributed by atoms with E-state index < -0.39 is 6.17 Å². The third-order valence-electron chi connectivity index (χ3n) is 5.55. The van der Waals surface area contributed by atoms with E-state index in [0.29, 0.717) is 19.1 Å². The lowest BCUT2D eigenvalue weighted by Gasteiger charge is -2.33. The first-order valence-electron chi connectivity index (χ1n) is 9.45. The van der Waals surface area contributed by atoms with Gasteiger partial charge in [-0.1, -0.05) is 42.5 Å². The molecule has 1 unspecified atom stereocenters. The fourth-order valence-corrected chi connectivity index (χ4v) is 4.01. The molecule has 0 bridgehead atoms. The van der Waals surface area contributed by atoms with Crippen LogP contribution in [0.3, 0.4) is 0 Å². The summed E-state index contributed by atoms with van der Waals surface area (Å²) in [7, 11) is 0. The molecule has 3 aromatic rings. The molecule has 26 heavy (non-hydrogen) atoms. The number of nitrogens with zero attached hydrogens (tertiary/aromatic N) is 2. The van der Waals surface area contributed by atoms with Gasteiger partial charge in [0.05, 0.1) is 0 Å². The molecule has 2 N–H and O–H groups in total. The van der Waals surface area contributed by atoms with Gasteiger partial charge >= 0.3 is 0 Å². The Kier molecular flexibility index (Phi) is 5.05. The number of benzene rings is 2. The Labute approximate surface area is 154 Å². The van der Waals surface area contributed by atoms with Gasteiger partial charge in [-0.05, 0) is 41.5 Å². The average Bonchev–Trinajstić information content (AvgIpc) is 3.12. The Balaban J connectivity index is 1.41. The minimum atomic E-state index is -0.910. The molecule has 1 aromatic heterocycles. The molecule has 2 heterocycles. The van der Waals surface area contributed by atoms with Gasteiger partial charge in [-0.15, -0.1) is 0 Å². The fourth-order valence-electron chi connectivity index (χ4n) is 4.01. The van der Waals surface area contributed by atoms with Crippen LogP contribution in [-0.4, -0.2) is 29.1 Å². The zero-order valence-electron chi connectivity index (χ0n) is 15.0. The Morgan fingerprint density at radius 2 is 1.81 bits per heavy atom. The lowest BCUT2D eigenvalue weighted by Crippen LogP contribution is -2.36. The highest BCUT2D eigenvalue weighted by molar-refractivity contribution is 5.81. The Bertz CT molecular complexity index is 850. The van der Waals surface area contributed by atoms with E-state index in [1.54, 1.807) is 0 Å². The van der Waals surface area contributed by atoms with Gasteiger partial charge < -0.3 is 10.3 Å². The number of piperidine rings is 1. The molecule has 1 saturated heterocycles. The predicted molar refractivity (Wildman–Crippen MR) is 105 cm³/mol. The fraction of sp³-hybridized carbons (Fsp3) is 0.364. The summed E-state index contributed by atoms with van der Waals surface area (Å²) in [6.07, 6.45) is 3.39. The number of likely N-dealkylation sites (tertiary alicyclic amines) is 1. The third kappa shape index (κ3) is 3.53. The van der Waals surface area contributed by atoms with Crippen molar-refractivity contribution in [2.75, 3.05) is 19.6 Å². The molecule has 1 aliphatic heterocycles. The number of fused-ring (bicyclic) bond motifs is 1. The van der Waals surface area contributed by atoms with Crippen molar-refractivity contribution in [1.29, 1.82) is 0 Å². The largest absolute Gasteiger partial charge is 0.344 e. The van der Waals surface area contributed by atoms with Crippen molar-refractivity contribution in [1.82, 2.24) is 9.47 Å². The molecule has 136 valence electrons. The Morgan fingerprint density at radius 1 is 1.04 bits per heavy atom. The summed E-state index contributed by atoms with van der Waals surface area (Å²) in [4.78, 5) is 2.26. The van der Waals surface area contributed by atoms with Crippen molar-refractivity contribution in [3.63, 3.8) is 0 Å². The molecule has 0 saturated carbocycles. The minimum Gasteiger partial charge on any atom is -0.344 e. The molecule has 1 atom stereocenters. The van der Waals surface area contributed by atoms with Gasteiger partial charge in [-0.2, -0.15) is 0 Å². The van der Waals surface area contributed by atoms with Crippen LogP contribution in [0, 0.1) is 0 Å². The molecular weight excluding hydrogens is 325 g/mol. The quantitative estimate of drug-likeness (QED) is 0.737. The van der Waals surface area contributed by atoms with Crippen LogP contribution in [0.15, 0.2) is 60.8 Å². The summed E-state index contributed by atoms with van der Waals surface area (Å²) in [5.74, 6) is 0. The first-order chi connectivity index (χ1) is 12.7. The van der Waals surface area contributed by atoms with Gasteiger partial charge in [-0.25, -0.2) is 4.39 Å². The summed E-state index contributed by atoms with van der Waals surface area (Å²) in [6, 6.07) is 18.6. The van der Waals surface area contributed by atoms with E-state index in [0.717, 1.165) is 37.1 Å². The molecule has 4 heteroatoms. The van der Waals surface area contributed by atoms with Crippen LogP contribution in [0.4, 0.5) is 4.39 Å². The maximum Gasteiger partial charge on any atom is 0.138 e. The van der Waals surface area contributed by atoms with Crippen molar-refractivity contribution in [3.05, 3.63) is 71.9 Å². The number of rotatable bonds is 5. The van der Waals surface area contributed by atoms with Crippen LogP contribution in [-0.2, 0) is 6.54 Å². The SMILES string of the molecule is NCc1ccc2ccn(C3CCN(CC(F)c4ccccc4)CC3)c2c1. The van der Waals surface area contributed by atoms with Gasteiger partial charge in [0.25, 0.3) is 0 Å².